The van der Waals surface area contributed by atoms with E-state index < -0.39 is 43.5 Å². The average Bonchev–Trinajstić information content (AvgIpc) is 3.26. The van der Waals surface area contributed by atoms with Crippen LogP contribution in [0.1, 0.15) is 62.5 Å². The highest BCUT2D eigenvalue weighted by Gasteiger charge is 2.50. The molecular weight excluding hydrogens is 728 g/mol. The van der Waals surface area contributed by atoms with E-state index in [0.717, 1.165) is 22.3 Å². The molecular formula is C46H54O11. The zero-order valence-electron chi connectivity index (χ0n) is 32.9. The number of rotatable bonds is 11. The molecule has 4 aliphatic heterocycles. The molecule has 0 aliphatic carbocycles. The number of ether oxygens (including phenoxy) is 9. The number of fused-ring (bicyclic) bond motifs is 2. The minimum absolute atomic E-state index is 0.0244. The van der Waals surface area contributed by atoms with Crippen LogP contribution in [0.25, 0.3) is 0 Å². The topological polar surface area (TPSA) is 120 Å². The molecule has 0 aromatic heterocycles. The van der Waals surface area contributed by atoms with E-state index in [4.69, 9.17) is 42.6 Å². The van der Waals surface area contributed by atoms with E-state index >= 15 is 0 Å². The van der Waals surface area contributed by atoms with Crippen LogP contribution < -0.4 is 0 Å². The van der Waals surface area contributed by atoms with Gasteiger partial charge in [0.1, 0.15) is 30.5 Å². The molecule has 6 unspecified atom stereocenters. The first-order valence-corrected chi connectivity index (χ1v) is 19.8. The van der Waals surface area contributed by atoms with Gasteiger partial charge in [0.2, 0.25) is 0 Å². The number of benzene rings is 4. The van der Waals surface area contributed by atoms with Gasteiger partial charge >= 0.3 is 0 Å². The highest BCUT2D eigenvalue weighted by Crippen LogP contribution is 2.39. The molecule has 0 amide bonds. The number of aliphatic hydroxyl groups is 1. The van der Waals surface area contributed by atoms with Crippen molar-refractivity contribution in [3.63, 3.8) is 0 Å². The van der Waals surface area contributed by atoms with Crippen molar-refractivity contribution < 1.29 is 52.5 Å². The largest absolute Gasteiger partial charge is 0.390 e. The lowest BCUT2D eigenvalue weighted by molar-refractivity contribution is -0.359. The third-order valence-electron chi connectivity index (χ3n) is 10.9. The third-order valence-corrected chi connectivity index (χ3v) is 10.9. The van der Waals surface area contributed by atoms with E-state index in [1.807, 2.05) is 135 Å². The van der Waals surface area contributed by atoms with Crippen LogP contribution in [0, 0.1) is 11.8 Å². The van der Waals surface area contributed by atoms with E-state index in [0.29, 0.717) is 26.4 Å². The Balaban J connectivity index is 0.000000177. The van der Waals surface area contributed by atoms with Gasteiger partial charge in [0.25, 0.3) is 0 Å². The lowest BCUT2D eigenvalue weighted by Crippen LogP contribution is -2.60. The Bertz CT molecular complexity index is 1800. The maximum Gasteiger partial charge on any atom is 0.184 e. The fraction of sp³-hybridized carbons (Fsp3) is 0.457. The van der Waals surface area contributed by atoms with Crippen LogP contribution in [0.5, 0.6) is 0 Å². The van der Waals surface area contributed by atoms with Gasteiger partial charge < -0.3 is 47.7 Å². The van der Waals surface area contributed by atoms with Crippen molar-refractivity contribution in [2.75, 3.05) is 13.2 Å². The Morgan fingerprint density at radius 2 is 1.05 bits per heavy atom. The van der Waals surface area contributed by atoms with Crippen molar-refractivity contribution in [1.29, 1.82) is 0 Å². The first-order chi connectivity index (χ1) is 27.7. The number of Topliss-reactive ketones (excluding diaryl/α,β-unsaturated/α-hetero) is 1. The molecule has 8 rings (SSSR count). The summed E-state index contributed by atoms with van der Waals surface area (Å²) in [6.45, 7) is 8.83. The molecule has 4 aliphatic rings. The number of hydrogen-bond donors (Lipinski definition) is 1. The van der Waals surface area contributed by atoms with Gasteiger partial charge in [-0.3, -0.25) is 4.79 Å². The number of carbonyl (C=O) groups excluding carboxylic acids is 1. The molecule has 0 spiro atoms. The van der Waals surface area contributed by atoms with Crippen molar-refractivity contribution >= 4 is 5.78 Å². The summed E-state index contributed by atoms with van der Waals surface area (Å²) < 4.78 is 54.6. The molecule has 4 heterocycles. The van der Waals surface area contributed by atoms with Gasteiger partial charge in [-0.1, -0.05) is 135 Å². The number of ketones is 1. The summed E-state index contributed by atoms with van der Waals surface area (Å²) in [7, 11) is 0. The van der Waals surface area contributed by atoms with Crippen LogP contribution in [-0.4, -0.2) is 79.4 Å². The molecule has 57 heavy (non-hydrogen) atoms. The van der Waals surface area contributed by atoms with Crippen LogP contribution in [0.15, 0.2) is 121 Å². The third kappa shape index (κ3) is 10.4. The summed E-state index contributed by atoms with van der Waals surface area (Å²) in [6, 6.07) is 39.4. The summed E-state index contributed by atoms with van der Waals surface area (Å²) in [5.41, 5.74) is 4.01. The van der Waals surface area contributed by atoms with E-state index in [9.17, 15) is 9.90 Å². The lowest BCUT2D eigenvalue weighted by atomic mass is 9.91. The molecule has 0 saturated carbocycles. The molecule has 0 bridgehead atoms. The molecule has 1 N–H and O–H groups in total. The molecule has 11 nitrogen and oxygen atoms in total. The van der Waals surface area contributed by atoms with Crippen molar-refractivity contribution in [2.24, 2.45) is 11.8 Å². The van der Waals surface area contributed by atoms with Gasteiger partial charge in [0.05, 0.1) is 38.6 Å². The van der Waals surface area contributed by atoms with Crippen LogP contribution in [0.4, 0.5) is 0 Å². The quantitative estimate of drug-likeness (QED) is 0.168. The molecule has 4 aromatic carbocycles. The molecule has 4 fully saturated rings. The monoisotopic (exact) mass is 782 g/mol. The maximum atomic E-state index is 11.9. The van der Waals surface area contributed by atoms with Gasteiger partial charge in [-0.2, -0.15) is 0 Å². The second-order valence-electron chi connectivity index (χ2n) is 15.1. The zero-order valence-corrected chi connectivity index (χ0v) is 32.9. The highest BCUT2D eigenvalue weighted by molar-refractivity contribution is 5.79. The van der Waals surface area contributed by atoms with E-state index in [1.54, 1.807) is 6.92 Å². The highest BCUT2D eigenvalue weighted by atomic mass is 16.8. The maximum absolute atomic E-state index is 11.9. The minimum atomic E-state index is -0.676. The van der Waals surface area contributed by atoms with Crippen molar-refractivity contribution in [1.82, 2.24) is 0 Å². The number of carbonyl (C=O) groups is 1. The molecule has 4 saturated heterocycles. The number of hydrogen-bond acceptors (Lipinski definition) is 11. The van der Waals surface area contributed by atoms with Crippen molar-refractivity contribution in [3.8, 4) is 0 Å². The second-order valence-corrected chi connectivity index (χ2v) is 15.1. The zero-order chi connectivity index (χ0) is 39.7. The molecule has 11 heteroatoms. The van der Waals surface area contributed by atoms with E-state index in [-0.39, 0.29) is 42.0 Å². The fourth-order valence-corrected chi connectivity index (χ4v) is 7.41. The molecule has 4 aromatic rings. The first-order valence-electron chi connectivity index (χ1n) is 19.8. The average molecular weight is 783 g/mol. The summed E-state index contributed by atoms with van der Waals surface area (Å²) in [4.78, 5) is 11.9. The second kappa shape index (κ2) is 19.7. The minimum Gasteiger partial charge on any atom is -0.390 e. The fourth-order valence-electron chi connectivity index (χ4n) is 7.41. The Labute approximate surface area is 335 Å². The lowest BCUT2D eigenvalue weighted by Gasteiger charge is -2.49. The van der Waals surface area contributed by atoms with Gasteiger partial charge in [-0.05, 0) is 25.0 Å². The smallest absolute Gasteiger partial charge is 0.184 e. The van der Waals surface area contributed by atoms with Crippen LogP contribution >= 0.6 is 0 Å². The van der Waals surface area contributed by atoms with Crippen LogP contribution in [-0.2, 0) is 60.6 Å². The van der Waals surface area contributed by atoms with Crippen LogP contribution in [0.3, 0.4) is 0 Å². The van der Waals surface area contributed by atoms with Crippen molar-refractivity contribution in [2.45, 2.75) is 109 Å². The Kier molecular flexibility index (Phi) is 14.3. The standard InChI is InChI=1S/C25H30O6.C21H24O5/c1-16-22(29-18(3)17(2)26)23-21(15-28-25(31-23)20-12-8-5-9-13-20)30-24(16)27-14-19-10-6-4-7-11-19;1-14-18(22)19-17(13-24-21(26-19)16-10-6-3-7-11-16)25-20(14)23-12-15-8-4-2-5-9-15/h4-13,16,18,21-25H,14-15H2,1-3H3;2-11,14,17-22H,12-13H2,1H3/t16-,18+,21?,22?,23+,24+,25?;14-,17?,18?,19+,20+,21?/m00/s1. The predicted octanol–water partition coefficient (Wildman–Crippen LogP) is 7.08. The van der Waals surface area contributed by atoms with Crippen LogP contribution in [0.2, 0.25) is 0 Å². The van der Waals surface area contributed by atoms with Crippen molar-refractivity contribution in [3.05, 3.63) is 144 Å². The van der Waals surface area contributed by atoms with Gasteiger partial charge in [-0.25, -0.2) is 0 Å². The Morgan fingerprint density at radius 1 is 0.632 bits per heavy atom. The Hall–Kier alpha value is -3.85. The Morgan fingerprint density at radius 3 is 1.53 bits per heavy atom. The first kappa shape index (κ1) is 41.3. The van der Waals surface area contributed by atoms with Gasteiger partial charge in [0.15, 0.2) is 30.9 Å². The summed E-state index contributed by atoms with van der Waals surface area (Å²) >= 11 is 0. The normalized spacial score (nSPS) is 32.8. The van der Waals surface area contributed by atoms with E-state index in [2.05, 4.69) is 0 Å². The van der Waals surface area contributed by atoms with Gasteiger partial charge in [-0.15, -0.1) is 0 Å². The van der Waals surface area contributed by atoms with E-state index in [1.165, 1.54) is 6.92 Å². The summed E-state index contributed by atoms with van der Waals surface area (Å²) in [5, 5.41) is 10.8. The summed E-state index contributed by atoms with van der Waals surface area (Å²) in [6.07, 6.45) is -5.04. The molecule has 304 valence electrons. The SMILES string of the molecule is CC(=O)[C@@H](C)OC1[C@@H]2OC(c3ccccc3)OCC2O[C@@H](OCc2ccccc2)[C@H]1C.C[C@H]1C(O)[C@@H]2OC(c3ccccc3)OCC2O[C@H]1OCc1ccccc1. The predicted molar refractivity (Wildman–Crippen MR) is 209 cm³/mol. The summed E-state index contributed by atoms with van der Waals surface area (Å²) in [5.74, 6) is -0.362. The molecule has 13 atom stereocenters. The van der Waals surface area contributed by atoms with Gasteiger partial charge in [0, 0.05) is 23.0 Å². The molecule has 0 radical (unpaired) electrons. The number of aliphatic hydroxyl groups excluding tert-OH is 1.